The molecule has 7 heteroatoms. The summed E-state index contributed by atoms with van der Waals surface area (Å²) in [5.74, 6) is -0.218. The lowest BCUT2D eigenvalue weighted by Gasteiger charge is -2.17. The van der Waals surface area contributed by atoms with Crippen molar-refractivity contribution in [3.05, 3.63) is 36.9 Å². The third-order valence-electron chi connectivity index (χ3n) is 3.34. The Morgan fingerprint density at radius 3 is 2.21 bits per heavy atom. The van der Waals surface area contributed by atoms with Crippen molar-refractivity contribution in [2.45, 2.75) is 40.2 Å². The van der Waals surface area contributed by atoms with Gasteiger partial charge < -0.3 is 10.6 Å². The molecule has 0 fully saturated rings. The van der Waals surface area contributed by atoms with E-state index in [1.807, 2.05) is 20.8 Å². The normalized spacial score (nSPS) is 12.5. The Morgan fingerprint density at radius 1 is 1.12 bits per heavy atom. The van der Waals surface area contributed by atoms with Crippen molar-refractivity contribution in [3.63, 3.8) is 0 Å². The molecule has 0 aliphatic carbocycles. The van der Waals surface area contributed by atoms with Crippen LogP contribution in [0.25, 0.3) is 0 Å². The lowest BCUT2D eigenvalue weighted by molar-refractivity contribution is -0.119. The van der Waals surface area contributed by atoms with Crippen LogP contribution in [-0.4, -0.2) is 26.6 Å². The van der Waals surface area contributed by atoms with Gasteiger partial charge in [-0.1, -0.05) is 20.8 Å². The van der Waals surface area contributed by atoms with Crippen LogP contribution in [0.4, 0.5) is 11.4 Å². The Labute approximate surface area is 141 Å². The standard InChI is InChI=1S/C17H23N5O2/c1-12(22-11-18-10-19-22)16(24)21-14-7-5-13(6-8-14)20-15(23)9-17(2,3)4/h5-8,10-12H,9H2,1-4H3,(H,20,23)(H,21,24)/t12-/m0/s1. The SMILES string of the molecule is C[C@@H](C(=O)Nc1ccc(NC(=O)CC(C)(C)C)cc1)n1cncn1. The fraction of sp³-hybridized carbons (Fsp3) is 0.412. The van der Waals surface area contributed by atoms with Gasteiger partial charge >= 0.3 is 0 Å². The van der Waals surface area contributed by atoms with Gasteiger partial charge in [-0.3, -0.25) is 9.59 Å². The van der Waals surface area contributed by atoms with Gasteiger partial charge in [0.25, 0.3) is 0 Å². The van der Waals surface area contributed by atoms with Gasteiger partial charge in [-0.15, -0.1) is 0 Å². The van der Waals surface area contributed by atoms with E-state index >= 15 is 0 Å². The zero-order valence-corrected chi connectivity index (χ0v) is 14.4. The number of rotatable bonds is 5. The maximum atomic E-state index is 12.2. The van der Waals surface area contributed by atoms with Crippen LogP contribution in [0.5, 0.6) is 0 Å². The van der Waals surface area contributed by atoms with Gasteiger partial charge in [-0.05, 0) is 36.6 Å². The smallest absolute Gasteiger partial charge is 0.249 e. The van der Waals surface area contributed by atoms with Gasteiger partial charge in [0.2, 0.25) is 11.8 Å². The second-order valence-electron chi connectivity index (χ2n) is 6.90. The summed E-state index contributed by atoms with van der Waals surface area (Å²) >= 11 is 0. The molecule has 7 nitrogen and oxygen atoms in total. The molecule has 0 aliphatic rings. The molecule has 0 saturated heterocycles. The predicted molar refractivity (Wildman–Crippen MR) is 92.5 cm³/mol. The number of anilines is 2. The van der Waals surface area contributed by atoms with E-state index in [1.54, 1.807) is 31.2 Å². The van der Waals surface area contributed by atoms with E-state index in [4.69, 9.17) is 0 Å². The van der Waals surface area contributed by atoms with Crippen molar-refractivity contribution in [1.29, 1.82) is 0 Å². The van der Waals surface area contributed by atoms with Gasteiger partial charge in [-0.2, -0.15) is 5.10 Å². The summed E-state index contributed by atoms with van der Waals surface area (Å²) in [7, 11) is 0. The zero-order chi connectivity index (χ0) is 17.7. The molecular formula is C17H23N5O2. The molecule has 24 heavy (non-hydrogen) atoms. The van der Waals surface area contributed by atoms with Crippen LogP contribution >= 0.6 is 0 Å². The van der Waals surface area contributed by atoms with Crippen molar-refractivity contribution in [1.82, 2.24) is 14.8 Å². The van der Waals surface area contributed by atoms with Gasteiger partial charge in [-0.25, -0.2) is 9.67 Å². The third-order valence-corrected chi connectivity index (χ3v) is 3.34. The highest BCUT2D eigenvalue weighted by atomic mass is 16.2. The average Bonchev–Trinajstić information content (AvgIpc) is 3.00. The summed E-state index contributed by atoms with van der Waals surface area (Å²) in [6.07, 6.45) is 3.33. The maximum absolute atomic E-state index is 12.2. The molecule has 128 valence electrons. The molecule has 1 aromatic heterocycles. The number of benzene rings is 1. The zero-order valence-electron chi connectivity index (χ0n) is 14.4. The van der Waals surface area contributed by atoms with Crippen molar-refractivity contribution >= 4 is 23.2 Å². The van der Waals surface area contributed by atoms with E-state index in [9.17, 15) is 9.59 Å². The van der Waals surface area contributed by atoms with E-state index in [2.05, 4.69) is 20.7 Å². The molecule has 2 aromatic rings. The van der Waals surface area contributed by atoms with Crippen LogP contribution < -0.4 is 10.6 Å². The van der Waals surface area contributed by atoms with Crippen molar-refractivity contribution in [2.75, 3.05) is 10.6 Å². The first kappa shape index (κ1) is 17.7. The van der Waals surface area contributed by atoms with Crippen LogP contribution in [0.2, 0.25) is 0 Å². The molecule has 1 aromatic carbocycles. The highest BCUT2D eigenvalue weighted by Crippen LogP contribution is 2.20. The van der Waals surface area contributed by atoms with Crippen LogP contribution in [0, 0.1) is 5.41 Å². The minimum absolute atomic E-state index is 0.0286. The van der Waals surface area contributed by atoms with Crippen LogP contribution in [0.3, 0.4) is 0 Å². The van der Waals surface area contributed by atoms with Crippen molar-refractivity contribution < 1.29 is 9.59 Å². The fourth-order valence-corrected chi connectivity index (χ4v) is 2.11. The molecular weight excluding hydrogens is 306 g/mol. The largest absolute Gasteiger partial charge is 0.326 e. The van der Waals surface area contributed by atoms with E-state index in [0.717, 1.165) is 0 Å². The number of nitrogens with zero attached hydrogens (tertiary/aromatic N) is 3. The summed E-state index contributed by atoms with van der Waals surface area (Å²) in [6, 6.07) is 6.56. The van der Waals surface area contributed by atoms with E-state index in [1.165, 1.54) is 17.3 Å². The lowest BCUT2D eigenvalue weighted by Crippen LogP contribution is -2.24. The molecule has 0 spiro atoms. The Balaban J connectivity index is 1.92. The monoisotopic (exact) mass is 329 g/mol. The summed E-state index contributed by atoms with van der Waals surface area (Å²) < 4.78 is 1.48. The fourth-order valence-electron chi connectivity index (χ4n) is 2.11. The number of carbonyl (C=O) groups is 2. The molecule has 0 saturated carbocycles. The topological polar surface area (TPSA) is 88.9 Å². The number of amides is 2. The molecule has 2 rings (SSSR count). The second kappa shape index (κ2) is 7.25. The van der Waals surface area contributed by atoms with Crippen LogP contribution in [-0.2, 0) is 9.59 Å². The minimum atomic E-state index is -0.460. The van der Waals surface area contributed by atoms with Crippen molar-refractivity contribution in [2.24, 2.45) is 5.41 Å². The molecule has 0 unspecified atom stereocenters. The minimum Gasteiger partial charge on any atom is -0.326 e. The average molecular weight is 329 g/mol. The van der Waals surface area contributed by atoms with Gasteiger partial charge in [0.1, 0.15) is 18.7 Å². The molecule has 2 N–H and O–H groups in total. The molecule has 2 amide bonds. The quantitative estimate of drug-likeness (QED) is 0.883. The predicted octanol–water partition coefficient (Wildman–Crippen LogP) is 2.85. The number of hydrogen-bond acceptors (Lipinski definition) is 4. The Morgan fingerprint density at radius 2 is 1.71 bits per heavy atom. The van der Waals surface area contributed by atoms with E-state index < -0.39 is 6.04 Å². The van der Waals surface area contributed by atoms with Gasteiger partial charge in [0, 0.05) is 17.8 Å². The highest BCUT2D eigenvalue weighted by Gasteiger charge is 2.17. The third kappa shape index (κ3) is 5.19. The van der Waals surface area contributed by atoms with Crippen LogP contribution in [0.1, 0.15) is 40.2 Å². The molecule has 0 aliphatic heterocycles. The molecule has 0 bridgehead atoms. The first-order chi connectivity index (χ1) is 11.2. The molecule has 1 atom stereocenters. The summed E-state index contributed by atoms with van der Waals surface area (Å²) in [5, 5.41) is 9.61. The highest BCUT2D eigenvalue weighted by molar-refractivity contribution is 5.94. The molecule has 0 radical (unpaired) electrons. The number of aromatic nitrogens is 3. The summed E-state index contributed by atoms with van der Waals surface area (Å²) in [4.78, 5) is 27.9. The molecule has 1 heterocycles. The van der Waals surface area contributed by atoms with Crippen molar-refractivity contribution in [3.8, 4) is 0 Å². The van der Waals surface area contributed by atoms with E-state index in [0.29, 0.717) is 17.8 Å². The maximum Gasteiger partial charge on any atom is 0.249 e. The Hall–Kier alpha value is -2.70. The van der Waals surface area contributed by atoms with E-state index in [-0.39, 0.29) is 17.2 Å². The van der Waals surface area contributed by atoms with Gasteiger partial charge in [0.15, 0.2) is 0 Å². The lowest BCUT2D eigenvalue weighted by atomic mass is 9.92. The summed E-state index contributed by atoms with van der Waals surface area (Å²) in [6.45, 7) is 7.79. The second-order valence-corrected chi connectivity index (χ2v) is 6.90. The first-order valence-corrected chi connectivity index (χ1v) is 7.79. The number of nitrogens with one attached hydrogen (secondary N) is 2. The Kier molecular flexibility index (Phi) is 5.33. The number of carbonyl (C=O) groups excluding carboxylic acids is 2. The summed E-state index contributed by atoms with van der Waals surface area (Å²) in [5.41, 5.74) is 1.29. The van der Waals surface area contributed by atoms with Crippen LogP contribution in [0.15, 0.2) is 36.9 Å². The Bertz CT molecular complexity index is 687. The van der Waals surface area contributed by atoms with Gasteiger partial charge in [0.05, 0.1) is 0 Å². The first-order valence-electron chi connectivity index (χ1n) is 7.79. The number of hydrogen-bond donors (Lipinski definition) is 2.